The molecule has 0 aromatic heterocycles. The summed E-state index contributed by atoms with van der Waals surface area (Å²) in [7, 11) is 1.70. The molecule has 0 aliphatic carbocycles. The van der Waals surface area contributed by atoms with Crippen molar-refractivity contribution in [2.24, 2.45) is 0 Å². The molecule has 102 valence electrons. The van der Waals surface area contributed by atoms with Gasteiger partial charge in [0.25, 0.3) is 5.91 Å². The molecule has 0 fully saturated rings. The van der Waals surface area contributed by atoms with Crippen molar-refractivity contribution < 1.29 is 4.79 Å². The number of rotatable bonds is 2. The Morgan fingerprint density at radius 3 is 3.11 bits per heavy atom. The molecule has 1 aromatic rings. The van der Waals surface area contributed by atoms with Gasteiger partial charge in [-0.3, -0.25) is 4.79 Å². The number of hydrogen-bond acceptors (Lipinski definition) is 3. The summed E-state index contributed by atoms with van der Waals surface area (Å²) in [4.78, 5) is 14.5. The molecule has 4 heteroatoms. The normalized spacial score (nSPS) is 20.9. The molecule has 3 rings (SSSR count). The first-order valence-electron chi connectivity index (χ1n) is 7.09. The zero-order valence-electron chi connectivity index (χ0n) is 11.6. The smallest absolute Gasteiger partial charge is 0.251 e. The zero-order chi connectivity index (χ0) is 13.4. The van der Waals surface area contributed by atoms with Gasteiger partial charge in [-0.2, -0.15) is 0 Å². The van der Waals surface area contributed by atoms with Gasteiger partial charge in [0.05, 0.1) is 0 Å². The molecule has 2 aliphatic heterocycles. The summed E-state index contributed by atoms with van der Waals surface area (Å²) >= 11 is 0. The monoisotopic (exact) mass is 259 g/mol. The molecule has 1 amide bonds. The predicted octanol–water partition coefficient (Wildman–Crippen LogP) is 1.46. The maximum Gasteiger partial charge on any atom is 0.251 e. The van der Waals surface area contributed by atoms with Crippen molar-refractivity contribution >= 4 is 11.6 Å². The van der Waals surface area contributed by atoms with Crippen LogP contribution in [0, 0.1) is 0 Å². The lowest BCUT2D eigenvalue weighted by atomic mass is 9.91. The maximum absolute atomic E-state index is 12.1. The Kier molecular flexibility index (Phi) is 3.19. The molecule has 4 nitrogen and oxygen atoms in total. The second kappa shape index (κ2) is 4.85. The number of amides is 1. The van der Waals surface area contributed by atoms with Crippen LogP contribution in [0.4, 0.5) is 5.69 Å². The Morgan fingerprint density at radius 1 is 1.53 bits per heavy atom. The van der Waals surface area contributed by atoms with Crippen LogP contribution < -0.4 is 15.5 Å². The van der Waals surface area contributed by atoms with Gasteiger partial charge in [-0.05, 0) is 23.6 Å². The minimum absolute atomic E-state index is 0.0373. The Labute approximate surface area is 114 Å². The second-order valence-electron chi connectivity index (χ2n) is 5.34. The van der Waals surface area contributed by atoms with E-state index in [2.05, 4.69) is 28.5 Å². The van der Waals surface area contributed by atoms with Crippen molar-refractivity contribution in [1.82, 2.24) is 10.6 Å². The van der Waals surface area contributed by atoms with E-state index in [1.807, 2.05) is 6.07 Å². The summed E-state index contributed by atoms with van der Waals surface area (Å²) in [6, 6.07) is 4.10. The van der Waals surface area contributed by atoms with Gasteiger partial charge >= 0.3 is 0 Å². The number of nitrogens with one attached hydrogen (secondary N) is 2. The van der Waals surface area contributed by atoms with E-state index in [1.54, 1.807) is 7.05 Å². The molecule has 2 N–H and O–H groups in total. The fourth-order valence-corrected chi connectivity index (χ4v) is 3.34. The van der Waals surface area contributed by atoms with Gasteiger partial charge in [0.2, 0.25) is 0 Å². The van der Waals surface area contributed by atoms with Gasteiger partial charge in [0.15, 0.2) is 0 Å². The number of carbonyl (C=O) groups excluding carboxylic acids is 1. The third kappa shape index (κ3) is 1.91. The molecule has 0 bridgehead atoms. The fraction of sp³-hybridized carbons (Fsp3) is 0.533. The summed E-state index contributed by atoms with van der Waals surface area (Å²) < 4.78 is 0. The Morgan fingerprint density at radius 2 is 2.37 bits per heavy atom. The Balaban J connectivity index is 2.18. The van der Waals surface area contributed by atoms with Crippen molar-refractivity contribution in [2.45, 2.75) is 25.8 Å². The molecule has 2 heterocycles. The molecule has 19 heavy (non-hydrogen) atoms. The van der Waals surface area contributed by atoms with Gasteiger partial charge in [-0.25, -0.2) is 0 Å². The molecule has 2 aliphatic rings. The highest BCUT2D eigenvalue weighted by Gasteiger charge is 2.34. The molecule has 0 spiro atoms. The van der Waals surface area contributed by atoms with Gasteiger partial charge < -0.3 is 15.5 Å². The topological polar surface area (TPSA) is 44.4 Å². The number of carbonyl (C=O) groups is 1. The average molecular weight is 259 g/mol. The van der Waals surface area contributed by atoms with Crippen LogP contribution in [-0.2, 0) is 6.54 Å². The summed E-state index contributed by atoms with van der Waals surface area (Å²) in [6.07, 6.45) is 1.09. The van der Waals surface area contributed by atoms with Crippen LogP contribution in [0.5, 0.6) is 0 Å². The van der Waals surface area contributed by atoms with Crippen molar-refractivity contribution in [2.75, 3.05) is 31.6 Å². The van der Waals surface area contributed by atoms with E-state index >= 15 is 0 Å². The van der Waals surface area contributed by atoms with Gasteiger partial charge in [0.1, 0.15) is 0 Å². The third-order valence-electron chi connectivity index (χ3n) is 4.30. The van der Waals surface area contributed by atoms with E-state index in [4.69, 9.17) is 0 Å². The summed E-state index contributed by atoms with van der Waals surface area (Å²) in [5.41, 5.74) is 4.77. The highest BCUT2D eigenvalue weighted by Crippen LogP contribution is 2.43. The van der Waals surface area contributed by atoms with Crippen LogP contribution in [0.3, 0.4) is 0 Å². The number of anilines is 1. The quantitative estimate of drug-likeness (QED) is 0.845. The molecule has 0 radical (unpaired) electrons. The minimum Gasteiger partial charge on any atom is -0.369 e. The Bertz CT molecular complexity index is 512. The third-order valence-corrected chi connectivity index (χ3v) is 4.30. The van der Waals surface area contributed by atoms with E-state index < -0.39 is 0 Å². The minimum atomic E-state index is 0.0373. The van der Waals surface area contributed by atoms with Gasteiger partial charge in [-0.15, -0.1) is 0 Å². The fourth-order valence-electron chi connectivity index (χ4n) is 3.34. The van der Waals surface area contributed by atoms with Crippen molar-refractivity contribution in [3.63, 3.8) is 0 Å². The van der Waals surface area contributed by atoms with Gasteiger partial charge in [0, 0.05) is 50.4 Å². The molecule has 1 unspecified atom stereocenters. The SMILES string of the molecule is CCC1CN2CCNCc3ccc(C(=O)NC)c1c32. The number of hydrogen-bond donors (Lipinski definition) is 2. The molecule has 1 atom stereocenters. The lowest BCUT2D eigenvalue weighted by molar-refractivity contribution is 0.0962. The Hall–Kier alpha value is -1.55. The van der Waals surface area contributed by atoms with Crippen LogP contribution >= 0.6 is 0 Å². The van der Waals surface area contributed by atoms with Crippen LogP contribution in [0.15, 0.2) is 12.1 Å². The highest BCUT2D eigenvalue weighted by molar-refractivity contribution is 5.98. The molecule has 1 aromatic carbocycles. The largest absolute Gasteiger partial charge is 0.369 e. The summed E-state index contributed by atoms with van der Waals surface area (Å²) in [5.74, 6) is 0.524. The van der Waals surface area contributed by atoms with Crippen LogP contribution in [0.2, 0.25) is 0 Å². The van der Waals surface area contributed by atoms with Crippen LogP contribution in [0.25, 0.3) is 0 Å². The van der Waals surface area contributed by atoms with Crippen molar-refractivity contribution in [3.05, 3.63) is 28.8 Å². The standard InChI is InChI=1S/C15H21N3O/c1-3-10-9-18-7-6-17-8-11-4-5-12(15(19)16-2)13(10)14(11)18/h4-5,10,17H,3,6-9H2,1-2H3,(H,16,19). The number of benzene rings is 1. The van der Waals surface area contributed by atoms with E-state index in [1.165, 1.54) is 16.8 Å². The van der Waals surface area contributed by atoms with Gasteiger partial charge in [-0.1, -0.05) is 13.0 Å². The predicted molar refractivity (Wildman–Crippen MR) is 76.8 cm³/mol. The first-order chi connectivity index (χ1) is 9.26. The van der Waals surface area contributed by atoms with Crippen molar-refractivity contribution in [1.29, 1.82) is 0 Å². The van der Waals surface area contributed by atoms with E-state index in [-0.39, 0.29) is 5.91 Å². The first-order valence-corrected chi connectivity index (χ1v) is 7.09. The number of nitrogens with zero attached hydrogens (tertiary/aromatic N) is 1. The molecule has 0 saturated carbocycles. The second-order valence-corrected chi connectivity index (χ2v) is 5.34. The highest BCUT2D eigenvalue weighted by atomic mass is 16.1. The zero-order valence-corrected chi connectivity index (χ0v) is 11.6. The summed E-state index contributed by atoms with van der Waals surface area (Å²) in [6.45, 7) is 6.22. The van der Waals surface area contributed by atoms with E-state index in [0.29, 0.717) is 5.92 Å². The lowest BCUT2D eigenvalue weighted by Gasteiger charge is -2.19. The van der Waals surface area contributed by atoms with Crippen LogP contribution in [-0.4, -0.2) is 32.6 Å². The lowest BCUT2D eigenvalue weighted by Crippen LogP contribution is -2.28. The molecule has 0 saturated heterocycles. The molecular weight excluding hydrogens is 238 g/mol. The van der Waals surface area contributed by atoms with Crippen LogP contribution in [0.1, 0.15) is 40.7 Å². The van der Waals surface area contributed by atoms with Crippen molar-refractivity contribution in [3.8, 4) is 0 Å². The summed E-state index contributed by atoms with van der Waals surface area (Å²) in [5, 5.41) is 6.22. The maximum atomic E-state index is 12.1. The average Bonchev–Trinajstić information content (AvgIpc) is 2.69. The van der Waals surface area contributed by atoms with E-state index in [0.717, 1.165) is 38.2 Å². The molecular formula is C15H21N3O. The first kappa shape index (κ1) is 12.5. The van der Waals surface area contributed by atoms with E-state index in [9.17, 15) is 4.79 Å².